The molecular weight excluding hydrogens is 218 g/mol. The Bertz CT molecular complexity index is 174. The van der Waals surface area contributed by atoms with E-state index in [4.69, 9.17) is 11.6 Å². The molecule has 84 valence electrons. The second-order valence-corrected chi connectivity index (χ2v) is 5.78. The second kappa shape index (κ2) is 7.41. The number of carbonyl (C=O) groups is 1. The Hall–Kier alpha value is 0.110. The number of rotatable bonds is 7. The van der Waals surface area contributed by atoms with Crippen molar-refractivity contribution < 1.29 is 4.79 Å². The van der Waals surface area contributed by atoms with Gasteiger partial charge in [-0.2, -0.15) is 11.8 Å². The van der Waals surface area contributed by atoms with E-state index in [0.29, 0.717) is 12.3 Å². The molecule has 0 heterocycles. The van der Waals surface area contributed by atoms with Gasteiger partial charge in [0.2, 0.25) is 5.91 Å². The highest BCUT2D eigenvalue weighted by Crippen LogP contribution is 2.19. The van der Waals surface area contributed by atoms with Crippen LogP contribution in [-0.2, 0) is 4.79 Å². The van der Waals surface area contributed by atoms with Gasteiger partial charge < -0.3 is 5.32 Å². The minimum Gasteiger partial charge on any atom is -0.355 e. The molecule has 0 aromatic carbocycles. The summed E-state index contributed by atoms with van der Waals surface area (Å²) in [7, 11) is 0. The molecule has 14 heavy (non-hydrogen) atoms. The number of hydrogen-bond donors (Lipinski definition) is 1. The molecule has 0 saturated heterocycles. The molecule has 0 aliphatic rings. The molecule has 0 aromatic rings. The summed E-state index contributed by atoms with van der Waals surface area (Å²) < 4.78 is 0.127. The zero-order chi connectivity index (χ0) is 11.0. The molecule has 0 aromatic heterocycles. The van der Waals surface area contributed by atoms with Crippen molar-refractivity contribution in [1.29, 1.82) is 0 Å². The summed E-state index contributed by atoms with van der Waals surface area (Å²) in [5, 5.41) is 2.93. The maximum Gasteiger partial charge on any atom is 0.220 e. The molecule has 0 radical (unpaired) electrons. The van der Waals surface area contributed by atoms with Gasteiger partial charge in [-0.05, 0) is 32.9 Å². The van der Waals surface area contributed by atoms with Gasteiger partial charge in [0.25, 0.3) is 0 Å². The first-order valence-electron chi connectivity index (χ1n) is 4.89. The number of amides is 1. The lowest BCUT2D eigenvalue weighted by Crippen LogP contribution is -2.35. The highest BCUT2D eigenvalue weighted by atomic mass is 35.5. The molecule has 1 N–H and O–H groups in total. The van der Waals surface area contributed by atoms with Gasteiger partial charge in [0, 0.05) is 23.6 Å². The van der Waals surface area contributed by atoms with E-state index in [-0.39, 0.29) is 10.7 Å². The van der Waals surface area contributed by atoms with Crippen molar-refractivity contribution in [3.63, 3.8) is 0 Å². The van der Waals surface area contributed by atoms with Crippen LogP contribution in [0.2, 0.25) is 0 Å². The first-order valence-corrected chi connectivity index (χ1v) is 6.65. The Kier molecular flexibility index (Phi) is 7.47. The largest absolute Gasteiger partial charge is 0.355 e. The standard InChI is InChI=1S/C10H20ClNOS/c1-10(2,14-3)8-12-9(13)6-4-5-7-11/h4-8H2,1-3H3,(H,12,13). The third-order valence-electron chi connectivity index (χ3n) is 2.05. The maximum absolute atomic E-state index is 11.3. The molecule has 1 amide bonds. The summed E-state index contributed by atoms with van der Waals surface area (Å²) in [6, 6.07) is 0. The minimum atomic E-state index is 0.127. The van der Waals surface area contributed by atoms with E-state index < -0.39 is 0 Å². The Labute approximate surface area is 96.2 Å². The average Bonchev–Trinajstić information content (AvgIpc) is 2.16. The number of thioether (sulfide) groups is 1. The molecule has 0 aliphatic carbocycles. The zero-order valence-electron chi connectivity index (χ0n) is 9.23. The first-order chi connectivity index (χ1) is 6.52. The molecule has 0 unspecified atom stereocenters. The van der Waals surface area contributed by atoms with Crippen molar-refractivity contribution in [3.8, 4) is 0 Å². The number of alkyl halides is 1. The van der Waals surface area contributed by atoms with E-state index in [1.165, 1.54) is 0 Å². The van der Waals surface area contributed by atoms with Crippen LogP contribution < -0.4 is 5.32 Å². The molecule has 0 aliphatic heterocycles. The fourth-order valence-corrected chi connectivity index (χ4v) is 1.26. The van der Waals surface area contributed by atoms with Crippen molar-refractivity contribution in [1.82, 2.24) is 5.32 Å². The number of hydrogen-bond acceptors (Lipinski definition) is 2. The summed E-state index contributed by atoms with van der Waals surface area (Å²) >= 11 is 7.28. The van der Waals surface area contributed by atoms with Crippen molar-refractivity contribution >= 4 is 29.3 Å². The molecule has 0 rings (SSSR count). The highest BCUT2D eigenvalue weighted by Gasteiger charge is 2.16. The Morgan fingerprint density at radius 1 is 1.43 bits per heavy atom. The number of unbranched alkanes of at least 4 members (excludes halogenated alkanes) is 1. The topological polar surface area (TPSA) is 29.1 Å². The minimum absolute atomic E-state index is 0.127. The van der Waals surface area contributed by atoms with Gasteiger partial charge in [0.15, 0.2) is 0 Å². The van der Waals surface area contributed by atoms with Crippen molar-refractivity contribution in [2.24, 2.45) is 0 Å². The maximum atomic E-state index is 11.3. The molecular formula is C10H20ClNOS. The van der Waals surface area contributed by atoms with Crippen LogP contribution in [0.1, 0.15) is 33.1 Å². The monoisotopic (exact) mass is 237 g/mol. The van der Waals surface area contributed by atoms with Crippen LogP contribution in [0.3, 0.4) is 0 Å². The summed E-state index contributed by atoms with van der Waals surface area (Å²) in [5.41, 5.74) is 0. The Morgan fingerprint density at radius 3 is 2.57 bits per heavy atom. The molecule has 4 heteroatoms. The van der Waals surface area contributed by atoms with E-state index in [0.717, 1.165) is 19.4 Å². The quantitative estimate of drug-likeness (QED) is 0.545. The van der Waals surface area contributed by atoms with Crippen molar-refractivity contribution in [3.05, 3.63) is 0 Å². The fraction of sp³-hybridized carbons (Fsp3) is 0.900. The lowest BCUT2D eigenvalue weighted by atomic mass is 10.2. The van der Waals surface area contributed by atoms with Crippen LogP contribution in [0.15, 0.2) is 0 Å². The first kappa shape index (κ1) is 14.1. The SMILES string of the molecule is CSC(C)(C)CNC(=O)CCCCCl. The van der Waals surface area contributed by atoms with Crippen molar-refractivity contribution in [2.75, 3.05) is 18.7 Å². The average molecular weight is 238 g/mol. The molecule has 0 atom stereocenters. The van der Waals surface area contributed by atoms with Crippen LogP contribution in [0.4, 0.5) is 0 Å². The summed E-state index contributed by atoms with van der Waals surface area (Å²) in [5.74, 6) is 0.779. The van der Waals surface area contributed by atoms with Gasteiger partial charge in [-0.15, -0.1) is 11.6 Å². The van der Waals surface area contributed by atoms with E-state index in [1.54, 1.807) is 11.8 Å². The molecule has 2 nitrogen and oxygen atoms in total. The predicted octanol–water partition coefficient (Wildman–Crippen LogP) is 2.65. The normalized spacial score (nSPS) is 11.4. The van der Waals surface area contributed by atoms with Crippen molar-refractivity contribution in [2.45, 2.75) is 37.9 Å². The third kappa shape index (κ3) is 7.51. The second-order valence-electron chi connectivity index (χ2n) is 3.89. The number of halogens is 1. The summed E-state index contributed by atoms with van der Waals surface area (Å²) in [6.45, 7) is 4.97. The summed E-state index contributed by atoms with van der Waals surface area (Å²) in [6.07, 6.45) is 4.45. The number of nitrogens with one attached hydrogen (secondary N) is 1. The molecule has 0 bridgehead atoms. The van der Waals surface area contributed by atoms with Gasteiger partial charge >= 0.3 is 0 Å². The van der Waals surface area contributed by atoms with E-state index in [1.807, 2.05) is 0 Å². The van der Waals surface area contributed by atoms with Gasteiger partial charge in [0.05, 0.1) is 0 Å². The fourth-order valence-electron chi connectivity index (χ4n) is 0.852. The van der Waals surface area contributed by atoms with Crippen LogP contribution in [-0.4, -0.2) is 29.3 Å². The van der Waals surface area contributed by atoms with Crippen LogP contribution in [0.25, 0.3) is 0 Å². The van der Waals surface area contributed by atoms with Gasteiger partial charge in [0.1, 0.15) is 0 Å². The number of carbonyl (C=O) groups excluding carboxylic acids is 1. The predicted molar refractivity (Wildman–Crippen MR) is 65.2 cm³/mol. The third-order valence-corrected chi connectivity index (χ3v) is 3.57. The molecule has 0 fully saturated rings. The Morgan fingerprint density at radius 2 is 2.07 bits per heavy atom. The molecule has 0 saturated carbocycles. The van der Waals surface area contributed by atoms with Gasteiger partial charge in [-0.25, -0.2) is 0 Å². The Balaban J connectivity index is 3.53. The van der Waals surface area contributed by atoms with Gasteiger partial charge in [-0.3, -0.25) is 4.79 Å². The van der Waals surface area contributed by atoms with Crippen LogP contribution in [0, 0.1) is 0 Å². The van der Waals surface area contributed by atoms with Crippen LogP contribution in [0.5, 0.6) is 0 Å². The summed E-state index contributed by atoms with van der Waals surface area (Å²) in [4.78, 5) is 11.3. The lowest BCUT2D eigenvalue weighted by Gasteiger charge is -2.22. The molecule has 0 spiro atoms. The van der Waals surface area contributed by atoms with Crippen LogP contribution >= 0.6 is 23.4 Å². The zero-order valence-corrected chi connectivity index (χ0v) is 10.8. The smallest absolute Gasteiger partial charge is 0.220 e. The van der Waals surface area contributed by atoms with E-state index in [2.05, 4.69) is 25.4 Å². The van der Waals surface area contributed by atoms with E-state index >= 15 is 0 Å². The van der Waals surface area contributed by atoms with Gasteiger partial charge in [-0.1, -0.05) is 0 Å². The highest BCUT2D eigenvalue weighted by molar-refractivity contribution is 7.99. The van der Waals surface area contributed by atoms with E-state index in [9.17, 15) is 4.79 Å². The lowest BCUT2D eigenvalue weighted by molar-refractivity contribution is -0.121.